The fraction of sp³-hybridized carbons (Fsp3) is 0.250. The van der Waals surface area contributed by atoms with Crippen LogP contribution in [-0.4, -0.2) is 18.0 Å². The Morgan fingerprint density at radius 2 is 2.14 bits per heavy atom. The maximum Gasteiger partial charge on any atom is 0.225 e. The highest BCUT2D eigenvalue weighted by Crippen LogP contribution is 2.26. The van der Waals surface area contributed by atoms with Crippen LogP contribution in [0.25, 0.3) is 0 Å². The molecule has 1 N–H and O–H groups in total. The maximum atomic E-state index is 11.9. The van der Waals surface area contributed by atoms with Gasteiger partial charge in [-0.15, -0.1) is 0 Å². The second-order valence-electron chi connectivity index (χ2n) is 4.68. The molecule has 0 aliphatic carbocycles. The van der Waals surface area contributed by atoms with Gasteiger partial charge >= 0.3 is 0 Å². The first kappa shape index (κ1) is 15.5. The van der Waals surface area contributed by atoms with Crippen molar-refractivity contribution >= 4 is 27.7 Å². The molecular weight excluding hydrogens is 332 g/mol. The van der Waals surface area contributed by atoms with Crippen LogP contribution in [0, 0.1) is 6.92 Å². The largest absolute Gasteiger partial charge is 0.496 e. The van der Waals surface area contributed by atoms with E-state index in [1.807, 2.05) is 37.3 Å². The van der Waals surface area contributed by atoms with Gasteiger partial charge in [0, 0.05) is 12.1 Å². The minimum Gasteiger partial charge on any atom is -0.496 e. The Balaban J connectivity index is 1.90. The zero-order chi connectivity index (χ0) is 15.2. The Morgan fingerprint density at radius 1 is 1.33 bits per heavy atom. The van der Waals surface area contributed by atoms with Crippen molar-refractivity contribution in [2.24, 2.45) is 0 Å². The molecule has 21 heavy (non-hydrogen) atoms. The Kier molecular flexibility index (Phi) is 5.33. The number of amides is 1. The molecule has 0 aliphatic heterocycles. The first-order valence-corrected chi connectivity index (χ1v) is 7.43. The predicted molar refractivity (Wildman–Crippen MR) is 86.6 cm³/mol. The number of carbonyl (C=O) groups excluding carboxylic acids is 1. The predicted octanol–water partition coefficient (Wildman–Crippen LogP) is 3.73. The lowest BCUT2D eigenvalue weighted by Crippen LogP contribution is -2.13. The van der Waals surface area contributed by atoms with E-state index in [1.54, 1.807) is 13.2 Å². The van der Waals surface area contributed by atoms with Gasteiger partial charge in [0.25, 0.3) is 0 Å². The Bertz CT molecular complexity index is 644. The SMILES string of the molecule is COc1ccc(CCC(=O)Nc2cccc(C)n2)cc1Br. The van der Waals surface area contributed by atoms with Gasteiger partial charge in [0.2, 0.25) is 5.91 Å². The van der Waals surface area contributed by atoms with Crippen molar-refractivity contribution in [3.63, 3.8) is 0 Å². The molecular formula is C16H17BrN2O2. The molecule has 5 heteroatoms. The summed E-state index contributed by atoms with van der Waals surface area (Å²) in [6.45, 7) is 1.89. The molecule has 0 aliphatic rings. The Morgan fingerprint density at radius 3 is 2.81 bits per heavy atom. The second-order valence-corrected chi connectivity index (χ2v) is 5.54. The molecule has 1 aromatic carbocycles. The first-order valence-electron chi connectivity index (χ1n) is 6.64. The van der Waals surface area contributed by atoms with Crippen LogP contribution in [0.1, 0.15) is 17.7 Å². The molecule has 0 unspecified atom stereocenters. The van der Waals surface area contributed by atoms with Gasteiger partial charge in [0.05, 0.1) is 11.6 Å². The van der Waals surface area contributed by atoms with Crippen LogP contribution in [0.2, 0.25) is 0 Å². The number of anilines is 1. The molecule has 1 aromatic heterocycles. The number of ether oxygens (including phenoxy) is 1. The summed E-state index contributed by atoms with van der Waals surface area (Å²) in [4.78, 5) is 16.2. The molecule has 0 spiro atoms. The van der Waals surface area contributed by atoms with Crippen molar-refractivity contribution in [3.8, 4) is 5.75 Å². The molecule has 4 nitrogen and oxygen atoms in total. The summed E-state index contributed by atoms with van der Waals surface area (Å²) in [6, 6.07) is 11.4. The molecule has 0 saturated heterocycles. The monoisotopic (exact) mass is 348 g/mol. The van der Waals surface area contributed by atoms with Crippen molar-refractivity contribution in [1.29, 1.82) is 0 Å². The summed E-state index contributed by atoms with van der Waals surface area (Å²) in [5, 5.41) is 2.80. The van der Waals surface area contributed by atoms with Gasteiger partial charge < -0.3 is 10.1 Å². The van der Waals surface area contributed by atoms with Crippen LogP contribution < -0.4 is 10.1 Å². The van der Waals surface area contributed by atoms with E-state index < -0.39 is 0 Å². The molecule has 0 atom stereocenters. The van der Waals surface area contributed by atoms with E-state index >= 15 is 0 Å². The molecule has 2 rings (SSSR count). The van der Waals surface area contributed by atoms with Crippen molar-refractivity contribution in [1.82, 2.24) is 4.98 Å². The van der Waals surface area contributed by atoms with Crippen molar-refractivity contribution in [2.45, 2.75) is 19.8 Å². The first-order chi connectivity index (χ1) is 10.1. The van der Waals surface area contributed by atoms with Gasteiger partial charge in [-0.25, -0.2) is 4.98 Å². The molecule has 0 fully saturated rings. The molecule has 1 amide bonds. The molecule has 0 saturated carbocycles. The van der Waals surface area contributed by atoms with Crippen LogP contribution in [0.3, 0.4) is 0 Å². The second kappa shape index (κ2) is 7.22. The summed E-state index contributed by atoms with van der Waals surface area (Å²) in [6.07, 6.45) is 1.08. The fourth-order valence-electron chi connectivity index (χ4n) is 1.94. The van der Waals surface area contributed by atoms with E-state index in [0.717, 1.165) is 21.5 Å². The minimum atomic E-state index is -0.0416. The van der Waals surface area contributed by atoms with E-state index in [4.69, 9.17) is 4.74 Å². The van der Waals surface area contributed by atoms with Crippen molar-refractivity contribution in [3.05, 3.63) is 52.1 Å². The Labute approximate surface area is 132 Å². The average Bonchev–Trinajstić information content (AvgIpc) is 2.45. The average molecular weight is 349 g/mol. The number of aromatic nitrogens is 1. The number of nitrogens with one attached hydrogen (secondary N) is 1. The topological polar surface area (TPSA) is 51.2 Å². The van der Waals surface area contributed by atoms with Crippen LogP contribution in [0.15, 0.2) is 40.9 Å². The highest BCUT2D eigenvalue weighted by Gasteiger charge is 2.06. The summed E-state index contributed by atoms with van der Waals surface area (Å²) in [5.41, 5.74) is 1.96. The third kappa shape index (κ3) is 4.56. The van der Waals surface area contributed by atoms with Gasteiger partial charge in [0.15, 0.2) is 0 Å². The lowest BCUT2D eigenvalue weighted by Gasteiger charge is -2.07. The normalized spacial score (nSPS) is 10.2. The summed E-state index contributed by atoms with van der Waals surface area (Å²) < 4.78 is 6.07. The number of hydrogen-bond acceptors (Lipinski definition) is 3. The summed E-state index contributed by atoms with van der Waals surface area (Å²) in [7, 11) is 1.63. The molecule has 0 bridgehead atoms. The molecule has 1 heterocycles. The number of aryl methyl sites for hydroxylation is 2. The zero-order valence-electron chi connectivity index (χ0n) is 12.0. The van der Waals surface area contributed by atoms with Gasteiger partial charge in [-0.05, 0) is 59.1 Å². The molecule has 0 radical (unpaired) electrons. The maximum absolute atomic E-state index is 11.9. The summed E-state index contributed by atoms with van der Waals surface area (Å²) >= 11 is 3.44. The lowest BCUT2D eigenvalue weighted by atomic mass is 10.1. The zero-order valence-corrected chi connectivity index (χ0v) is 13.6. The van der Waals surface area contributed by atoms with Gasteiger partial charge in [0.1, 0.15) is 11.6 Å². The van der Waals surface area contributed by atoms with Gasteiger partial charge in [-0.1, -0.05) is 12.1 Å². The number of halogens is 1. The number of carbonyl (C=O) groups is 1. The molecule has 2 aromatic rings. The van der Waals surface area contributed by atoms with Crippen molar-refractivity contribution in [2.75, 3.05) is 12.4 Å². The number of methoxy groups -OCH3 is 1. The third-order valence-electron chi connectivity index (χ3n) is 3.01. The van der Waals surface area contributed by atoms with E-state index in [9.17, 15) is 4.79 Å². The quantitative estimate of drug-likeness (QED) is 0.895. The van der Waals surface area contributed by atoms with Crippen LogP contribution in [-0.2, 0) is 11.2 Å². The smallest absolute Gasteiger partial charge is 0.225 e. The van der Waals surface area contributed by atoms with Gasteiger partial charge in [-0.3, -0.25) is 4.79 Å². The van der Waals surface area contributed by atoms with E-state index in [1.165, 1.54) is 0 Å². The van der Waals surface area contributed by atoms with Crippen LogP contribution in [0.4, 0.5) is 5.82 Å². The third-order valence-corrected chi connectivity index (χ3v) is 3.63. The highest BCUT2D eigenvalue weighted by atomic mass is 79.9. The van der Waals surface area contributed by atoms with E-state index in [0.29, 0.717) is 18.7 Å². The van der Waals surface area contributed by atoms with E-state index in [2.05, 4.69) is 26.2 Å². The number of hydrogen-bond donors (Lipinski definition) is 1. The number of pyridine rings is 1. The number of rotatable bonds is 5. The van der Waals surface area contributed by atoms with Crippen LogP contribution >= 0.6 is 15.9 Å². The fourth-order valence-corrected chi connectivity index (χ4v) is 2.53. The van der Waals surface area contributed by atoms with Gasteiger partial charge in [-0.2, -0.15) is 0 Å². The number of benzene rings is 1. The highest BCUT2D eigenvalue weighted by molar-refractivity contribution is 9.10. The van der Waals surface area contributed by atoms with E-state index in [-0.39, 0.29) is 5.91 Å². The standard InChI is InChI=1S/C16H17BrN2O2/c1-11-4-3-5-15(18-11)19-16(20)9-7-12-6-8-14(21-2)13(17)10-12/h3-6,8,10H,7,9H2,1-2H3,(H,18,19,20). The van der Waals surface area contributed by atoms with Crippen LogP contribution in [0.5, 0.6) is 5.75 Å². The lowest BCUT2D eigenvalue weighted by molar-refractivity contribution is -0.116. The minimum absolute atomic E-state index is 0.0416. The number of nitrogens with zero attached hydrogens (tertiary/aromatic N) is 1. The summed E-state index contributed by atoms with van der Waals surface area (Å²) in [5.74, 6) is 1.34. The molecule has 110 valence electrons. The van der Waals surface area contributed by atoms with Crippen molar-refractivity contribution < 1.29 is 9.53 Å². The Hall–Kier alpha value is -1.88.